The second-order valence-corrected chi connectivity index (χ2v) is 6.52. The van der Waals surface area contributed by atoms with Crippen LogP contribution in [0, 0.1) is 0 Å². The van der Waals surface area contributed by atoms with Crippen LogP contribution < -0.4 is 4.90 Å². The number of hydrogen-bond donors (Lipinski definition) is 0. The van der Waals surface area contributed by atoms with Gasteiger partial charge in [0.15, 0.2) is 0 Å². The molecule has 0 radical (unpaired) electrons. The summed E-state index contributed by atoms with van der Waals surface area (Å²) in [6, 6.07) is 1.94. The average molecular weight is 318 g/mol. The predicted molar refractivity (Wildman–Crippen MR) is 85.2 cm³/mol. The molecule has 0 bridgehead atoms. The van der Waals surface area contributed by atoms with Crippen molar-refractivity contribution in [3.8, 4) is 0 Å². The first-order valence-corrected chi connectivity index (χ1v) is 8.54. The van der Waals surface area contributed by atoms with Gasteiger partial charge >= 0.3 is 0 Å². The van der Waals surface area contributed by atoms with Gasteiger partial charge in [0.05, 0.1) is 18.6 Å². The summed E-state index contributed by atoms with van der Waals surface area (Å²) in [7, 11) is 0. The van der Waals surface area contributed by atoms with Crippen LogP contribution in [-0.2, 0) is 9.53 Å². The molecule has 0 aliphatic carbocycles. The number of anilines is 1. The highest BCUT2D eigenvalue weighted by atomic mass is 32.1. The van der Waals surface area contributed by atoms with Gasteiger partial charge in [0.25, 0.3) is 0 Å². The first-order chi connectivity index (χ1) is 10.8. The molecule has 7 heteroatoms. The molecule has 2 aliphatic rings. The van der Waals surface area contributed by atoms with E-state index in [0.717, 1.165) is 35.4 Å². The lowest BCUT2D eigenvalue weighted by atomic mass is 10.1. The first-order valence-electron chi connectivity index (χ1n) is 7.66. The first kappa shape index (κ1) is 13.9. The molecule has 6 nitrogen and oxygen atoms in total. The van der Waals surface area contributed by atoms with Crippen molar-refractivity contribution in [3.05, 3.63) is 17.8 Å². The van der Waals surface area contributed by atoms with Gasteiger partial charge in [-0.25, -0.2) is 9.97 Å². The number of aromatic nitrogens is 2. The third-order valence-corrected chi connectivity index (χ3v) is 5.19. The molecule has 2 aromatic rings. The van der Waals surface area contributed by atoms with Gasteiger partial charge < -0.3 is 14.5 Å². The summed E-state index contributed by atoms with van der Waals surface area (Å²) >= 11 is 1.61. The maximum atomic E-state index is 12.8. The number of thiophene rings is 1. The number of carbonyl (C=O) groups excluding carboxylic acids is 1. The third kappa shape index (κ3) is 2.34. The van der Waals surface area contributed by atoms with Crippen LogP contribution >= 0.6 is 11.3 Å². The Labute approximate surface area is 132 Å². The molecule has 0 N–H and O–H groups in total. The van der Waals surface area contributed by atoms with E-state index in [1.165, 1.54) is 0 Å². The number of ether oxygens (including phenoxy) is 1. The Kier molecular flexibility index (Phi) is 3.67. The largest absolute Gasteiger partial charge is 0.378 e. The molecular formula is C15H18N4O2S. The zero-order chi connectivity index (χ0) is 14.9. The normalized spacial score (nSPS) is 22.5. The maximum Gasteiger partial charge on any atom is 0.245 e. The topological polar surface area (TPSA) is 58.6 Å². The van der Waals surface area contributed by atoms with Crippen molar-refractivity contribution in [1.29, 1.82) is 0 Å². The van der Waals surface area contributed by atoms with E-state index in [2.05, 4.69) is 14.9 Å². The molecule has 22 heavy (non-hydrogen) atoms. The van der Waals surface area contributed by atoms with E-state index in [1.54, 1.807) is 17.7 Å². The Hall–Kier alpha value is -1.73. The number of morpholine rings is 1. The van der Waals surface area contributed by atoms with Crippen LogP contribution in [0.25, 0.3) is 10.2 Å². The fraction of sp³-hybridized carbons (Fsp3) is 0.533. The quantitative estimate of drug-likeness (QED) is 0.840. The molecule has 2 aliphatic heterocycles. The zero-order valence-electron chi connectivity index (χ0n) is 12.3. The number of hydrogen-bond acceptors (Lipinski definition) is 6. The molecule has 1 unspecified atom stereocenters. The summed E-state index contributed by atoms with van der Waals surface area (Å²) in [4.78, 5) is 26.7. The van der Waals surface area contributed by atoms with Gasteiger partial charge in [0, 0.05) is 19.6 Å². The number of nitrogens with zero attached hydrogens (tertiary/aromatic N) is 4. The fourth-order valence-electron chi connectivity index (χ4n) is 3.28. The summed E-state index contributed by atoms with van der Waals surface area (Å²) in [5.74, 6) is 1.11. The molecule has 0 aromatic carbocycles. The number of carbonyl (C=O) groups is 1. The van der Waals surface area contributed by atoms with Gasteiger partial charge in [0.1, 0.15) is 23.0 Å². The van der Waals surface area contributed by atoms with Crippen LogP contribution in [0.3, 0.4) is 0 Å². The molecule has 1 amide bonds. The smallest absolute Gasteiger partial charge is 0.245 e. The zero-order valence-corrected chi connectivity index (χ0v) is 13.1. The lowest BCUT2D eigenvalue weighted by molar-refractivity contribution is -0.136. The Morgan fingerprint density at radius 2 is 2.14 bits per heavy atom. The van der Waals surface area contributed by atoms with Crippen LogP contribution in [0.2, 0.25) is 0 Å². The lowest BCUT2D eigenvalue weighted by Gasteiger charge is -2.33. The van der Waals surface area contributed by atoms with Crippen molar-refractivity contribution in [3.63, 3.8) is 0 Å². The SMILES string of the molecule is O=C(C1CCCN1c1ncnc2sccc12)N1CCOCC1. The van der Waals surface area contributed by atoms with Crippen LogP contribution in [0.4, 0.5) is 5.82 Å². The Bertz CT molecular complexity index is 683. The van der Waals surface area contributed by atoms with Crippen molar-refractivity contribution in [2.45, 2.75) is 18.9 Å². The van der Waals surface area contributed by atoms with Gasteiger partial charge in [-0.15, -0.1) is 11.3 Å². The highest BCUT2D eigenvalue weighted by Crippen LogP contribution is 2.32. The number of amides is 1. The fourth-order valence-corrected chi connectivity index (χ4v) is 4.00. The molecule has 2 aromatic heterocycles. The van der Waals surface area contributed by atoms with Crippen molar-refractivity contribution < 1.29 is 9.53 Å². The van der Waals surface area contributed by atoms with Crippen molar-refractivity contribution in [1.82, 2.24) is 14.9 Å². The average Bonchev–Trinajstić information content (AvgIpc) is 3.23. The van der Waals surface area contributed by atoms with E-state index in [0.29, 0.717) is 26.3 Å². The molecule has 0 spiro atoms. The minimum absolute atomic E-state index is 0.101. The molecule has 2 fully saturated rings. The van der Waals surface area contributed by atoms with Gasteiger partial charge in [-0.05, 0) is 24.3 Å². The molecule has 116 valence electrons. The van der Waals surface area contributed by atoms with Crippen LogP contribution in [0.15, 0.2) is 17.8 Å². The van der Waals surface area contributed by atoms with Crippen LogP contribution in [0.5, 0.6) is 0 Å². The molecule has 2 saturated heterocycles. The number of fused-ring (bicyclic) bond motifs is 1. The molecule has 1 atom stereocenters. The van der Waals surface area contributed by atoms with E-state index < -0.39 is 0 Å². The van der Waals surface area contributed by atoms with Gasteiger partial charge in [-0.1, -0.05) is 0 Å². The van der Waals surface area contributed by atoms with Gasteiger partial charge in [-0.3, -0.25) is 4.79 Å². The van der Waals surface area contributed by atoms with Crippen LogP contribution in [-0.4, -0.2) is 59.7 Å². The Morgan fingerprint density at radius 3 is 3.00 bits per heavy atom. The summed E-state index contributed by atoms with van der Waals surface area (Å²) in [6.07, 6.45) is 3.52. The Balaban J connectivity index is 1.63. The summed E-state index contributed by atoms with van der Waals surface area (Å²) in [5.41, 5.74) is 0. The minimum atomic E-state index is -0.101. The molecular weight excluding hydrogens is 300 g/mol. The highest BCUT2D eigenvalue weighted by Gasteiger charge is 2.35. The lowest BCUT2D eigenvalue weighted by Crippen LogP contribution is -2.50. The monoisotopic (exact) mass is 318 g/mol. The summed E-state index contributed by atoms with van der Waals surface area (Å²) in [6.45, 7) is 3.55. The Morgan fingerprint density at radius 1 is 1.27 bits per heavy atom. The molecule has 4 rings (SSSR count). The van der Waals surface area contributed by atoms with E-state index >= 15 is 0 Å². The van der Waals surface area contributed by atoms with Crippen molar-refractivity contribution >= 4 is 33.3 Å². The third-order valence-electron chi connectivity index (χ3n) is 4.37. The standard InChI is InChI=1S/C15H18N4O2S/c20-15(18-5-7-21-8-6-18)12-2-1-4-19(12)13-11-3-9-22-14(11)17-10-16-13/h3,9-10,12H,1-2,4-8H2. The highest BCUT2D eigenvalue weighted by molar-refractivity contribution is 7.16. The van der Waals surface area contributed by atoms with Gasteiger partial charge in [-0.2, -0.15) is 0 Å². The van der Waals surface area contributed by atoms with Crippen LogP contribution in [0.1, 0.15) is 12.8 Å². The minimum Gasteiger partial charge on any atom is -0.378 e. The van der Waals surface area contributed by atoms with E-state index in [1.807, 2.05) is 16.3 Å². The van der Waals surface area contributed by atoms with Crippen molar-refractivity contribution in [2.24, 2.45) is 0 Å². The maximum absolute atomic E-state index is 12.8. The summed E-state index contributed by atoms with van der Waals surface area (Å²) < 4.78 is 5.34. The van der Waals surface area contributed by atoms with E-state index in [9.17, 15) is 4.79 Å². The second-order valence-electron chi connectivity index (χ2n) is 5.63. The molecule has 0 saturated carbocycles. The van der Waals surface area contributed by atoms with Crippen molar-refractivity contribution in [2.75, 3.05) is 37.7 Å². The molecule has 4 heterocycles. The number of rotatable bonds is 2. The summed E-state index contributed by atoms with van der Waals surface area (Å²) in [5, 5.41) is 3.08. The van der Waals surface area contributed by atoms with E-state index in [-0.39, 0.29) is 11.9 Å². The second kappa shape index (κ2) is 5.81. The van der Waals surface area contributed by atoms with E-state index in [4.69, 9.17) is 4.74 Å². The van der Waals surface area contributed by atoms with Gasteiger partial charge in [0.2, 0.25) is 5.91 Å². The predicted octanol–water partition coefficient (Wildman–Crippen LogP) is 1.52.